The van der Waals surface area contributed by atoms with Crippen LogP contribution in [0.5, 0.6) is 0 Å². The minimum atomic E-state index is -0.988. The molecule has 0 rings (SSSR count). The van der Waals surface area contributed by atoms with Crippen LogP contribution in [0.2, 0.25) is 0 Å². The molecular formula is C26H57N11O3S. The maximum absolute atomic E-state index is 12.8. The number of carbonyl (C=O) groups is 2. The van der Waals surface area contributed by atoms with Crippen LogP contribution in [-0.2, 0) is 14.3 Å². The molecule has 0 aliphatic carbocycles. The fourth-order valence-electron chi connectivity index (χ4n) is 4.08. The van der Waals surface area contributed by atoms with Crippen LogP contribution in [0, 0.1) is 5.92 Å². The van der Waals surface area contributed by atoms with E-state index in [-0.39, 0.29) is 29.7 Å². The minimum Gasteiger partial charge on any atom is -0.383 e. The van der Waals surface area contributed by atoms with E-state index >= 15 is 0 Å². The summed E-state index contributed by atoms with van der Waals surface area (Å²) in [5.74, 6) is -0.0875. The molecule has 3 atom stereocenters. The smallest absolute Gasteiger partial charge is 0.250 e. The zero-order valence-corrected chi connectivity index (χ0v) is 26.2. The van der Waals surface area contributed by atoms with Crippen LogP contribution in [0.4, 0.5) is 0 Å². The number of unbranched alkanes of at least 4 members (excludes halogenated alkanes) is 2. The SMILES string of the molecule is COCCN(CCCNC(=O)C(N)C(C)CCCCN=C(N)N)CCCNC(=O)C(N)(CCCCN=C(N)N)SC. The summed E-state index contributed by atoms with van der Waals surface area (Å²) < 4.78 is 5.25. The molecule has 0 saturated carbocycles. The van der Waals surface area contributed by atoms with E-state index in [1.807, 2.05) is 13.2 Å². The molecule has 0 fully saturated rings. The number of nitrogens with zero attached hydrogens (tertiary/aromatic N) is 3. The van der Waals surface area contributed by atoms with Gasteiger partial charge in [0.2, 0.25) is 11.8 Å². The van der Waals surface area contributed by atoms with Crippen molar-refractivity contribution in [2.75, 3.05) is 65.8 Å². The van der Waals surface area contributed by atoms with Gasteiger partial charge in [0.25, 0.3) is 0 Å². The van der Waals surface area contributed by atoms with Gasteiger partial charge in [-0.1, -0.05) is 13.3 Å². The van der Waals surface area contributed by atoms with Gasteiger partial charge >= 0.3 is 0 Å². The summed E-state index contributed by atoms with van der Waals surface area (Å²) in [6.45, 7) is 7.07. The van der Waals surface area contributed by atoms with Crippen LogP contribution in [-0.4, -0.2) is 105 Å². The summed E-state index contributed by atoms with van der Waals surface area (Å²) in [6.07, 6.45) is 8.00. The van der Waals surface area contributed by atoms with Crippen LogP contribution in [0.15, 0.2) is 9.98 Å². The molecule has 0 saturated heterocycles. The second-order valence-electron chi connectivity index (χ2n) is 10.3. The molecule has 14 nitrogen and oxygen atoms in total. The van der Waals surface area contributed by atoms with E-state index < -0.39 is 10.9 Å². The lowest BCUT2D eigenvalue weighted by molar-refractivity contribution is -0.124. The topological polar surface area (TPSA) is 252 Å². The van der Waals surface area contributed by atoms with Crippen molar-refractivity contribution >= 4 is 35.5 Å². The van der Waals surface area contributed by atoms with Crippen molar-refractivity contribution in [1.29, 1.82) is 0 Å². The van der Waals surface area contributed by atoms with Gasteiger partial charge in [-0.15, -0.1) is 11.8 Å². The predicted octanol–water partition coefficient (Wildman–Crippen LogP) is -1.18. The van der Waals surface area contributed by atoms with Gasteiger partial charge in [-0.2, -0.15) is 0 Å². The van der Waals surface area contributed by atoms with Crippen molar-refractivity contribution in [1.82, 2.24) is 15.5 Å². The molecule has 240 valence electrons. The van der Waals surface area contributed by atoms with Crippen molar-refractivity contribution in [2.24, 2.45) is 50.3 Å². The zero-order valence-electron chi connectivity index (χ0n) is 25.4. The van der Waals surface area contributed by atoms with E-state index in [9.17, 15) is 9.59 Å². The Balaban J connectivity index is 4.38. The Kier molecular flexibility index (Phi) is 21.9. The van der Waals surface area contributed by atoms with Gasteiger partial charge in [-0.3, -0.25) is 19.6 Å². The van der Waals surface area contributed by atoms with Crippen LogP contribution in [0.1, 0.15) is 58.3 Å². The third-order valence-electron chi connectivity index (χ3n) is 6.78. The molecular weight excluding hydrogens is 546 g/mol. The number of methoxy groups -OCH3 is 1. The maximum atomic E-state index is 12.8. The standard InChI is InChI=1S/C26H57N11O3S/c1-20(10-4-6-12-35-24(28)29)21(27)22(38)33-14-8-16-37(18-19-40-2)17-9-15-34-23(39)26(32,41-3)11-5-7-13-36-25(30)31/h20-21H,4-19,27,32H2,1-3H3,(H,33,38)(H,34,39)(H4,28,29,35)(H4,30,31,36). The average Bonchev–Trinajstić information content (AvgIpc) is 2.93. The highest BCUT2D eigenvalue weighted by Crippen LogP contribution is 2.23. The van der Waals surface area contributed by atoms with Crippen LogP contribution >= 0.6 is 11.8 Å². The number of nitrogens with one attached hydrogen (secondary N) is 2. The summed E-state index contributed by atoms with van der Waals surface area (Å²) in [4.78, 5) is 34.4. The average molecular weight is 604 g/mol. The lowest BCUT2D eigenvalue weighted by Gasteiger charge is -2.27. The fraction of sp³-hybridized carbons (Fsp3) is 0.846. The molecule has 0 radical (unpaired) electrons. The van der Waals surface area contributed by atoms with Crippen molar-refractivity contribution in [3.63, 3.8) is 0 Å². The van der Waals surface area contributed by atoms with Crippen molar-refractivity contribution in [3.05, 3.63) is 0 Å². The Morgan fingerprint density at radius 2 is 1.46 bits per heavy atom. The van der Waals surface area contributed by atoms with Gasteiger partial charge in [0.15, 0.2) is 11.9 Å². The first kappa shape index (κ1) is 38.7. The van der Waals surface area contributed by atoms with Crippen LogP contribution in [0.3, 0.4) is 0 Å². The van der Waals surface area contributed by atoms with E-state index in [0.717, 1.165) is 64.6 Å². The summed E-state index contributed by atoms with van der Waals surface area (Å²) in [6, 6.07) is -0.555. The molecule has 0 aliphatic rings. The van der Waals surface area contributed by atoms with E-state index in [0.29, 0.717) is 39.2 Å². The molecule has 0 spiro atoms. The Morgan fingerprint density at radius 3 is 2.00 bits per heavy atom. The molecule has 3 unspecified atom stereocenters. The lowest BCUT2D eigenvalue weighted by atomic mass is 9.95. The number of amides is 2. The molecule has 0 aromatic heterocycles. The van der Waals surface area contributed by atoms with Crippen molar-refractivity contribution in [3.8, 4) is 0 Å². The van der Waals surface area contributed by atoms with Gasteiger partial charge < -0.3 is 54.7 Å². The molecule has 0 aromatic carbocycles. The van der Waals surface area contributed by atoms with Crippen molar-refractivity contribution < 1.29 is 14.3 Å². The van der Waals surface area contributed by atoms with E-state index in [1.54, 1.807) is 7.11 Å². The molecule has 41 heavy (non-hydrogen) atoms. The fourth-order valence-corrected chi connectivity index (χ4v) is 4.69. The molecule has 0 aromatic rings. The highest BCUT2D eigenvalue weighted by Gasteiger charge is 2.32. The lowest BCUT2D eigenvalue weighted by Crippen LogP contribution is -2.51. The third-order valence-corrected chi connectivity index (χ3v) is 7.89. The van der Waals surface area contributed by atoms with E-state index in [1.165, 1.54) is 11.8 Å². The first-order valence-electron chi connectivity index (χ1n) is 14.4. The Morgan fingerprint density at radius 1 is 0.902 bits per heavy atom. The molecule has 0 bridgehead atoms. The Labute approximate surface area is 250 Å². The number of rotatable bonds is 25. The third kappa shape index (κ3) is 19.4. The van der Waals surface area contributed by atoms with Gasteiger partial charge in [-0.25, -0.2) is 0 Å². The highest BCUT2D eigenvalue weighted by atomic mass is 32.2. The van der Waals surface area contributed by atoms with Gasteiger partial charge in [0, 0.05) is 39.8 Å². The molecule has 0 heterocycles. The van der Waals surface area contributed by atoms with Gasteiger partial charge in [0.05, 0.1) is 12.6 Å². The number of hydrogen-bond donors (Lipinski definition) is 8. The summed E-state index contributed by atoms with van der Waals surface area (Å²) in [5, 5.41) is 5.93. The van der Waals surface area contributed by atoms with Gasteiger partial charge in [-0.05, 0) is 70.2 Å². The molecule has 14 N–H and O–H groups in total. The molecule has 0 aliphatic heterocycles. The predicted molar refractivity (Wildman–Crippen MR) is 170 cm³/mol. The number of nitrogens with two attached hydrogens (primary N) is 6. The highest BCUT2D eigenvalue weighted by molar-refractivity contribution is 8.00. The molecule has 15 heteroatoms. The second-order valence-corrected chi connectivity index (χ2v) is 11.4. The number of aliphatic imine (C=N–C) groups is 2. The molecule has 2 amide bonds. The van der Waals surface area contributed by atoms with E-state index in [4.69, 9.17) is 39.1 Å². The summed E-state index contributed by atoms with van der Waals surface area (Å²) in [7, 11) is 1.67. The first-order valence-corrected chi connectivity index (χ1v) is 15.7. The minimum absolute atomic E-state index is 0.0608. The zero-order chi connectivity index (χ0) is 31.1. The summed E-state index contributed by atoms with van der Waals surface area (Å²) in [5.41, 5.74) is 33.9. The van der Waals surface area contributed by atoms with Gasteiger partial charge in [0.1, 0.15) is 4.87 Å². The summed E-state index contributed by atoms with van der Waals surface area (Å²) >= 11 is 1.34. The van der Waals surface area contributed by atoms with Crippen LogP contribution < -0.4 is 45.0 Å². The number of guanidine groups is 2. The number of carbonyl (C=O) groups excluding carboxylic acids is 2. The maximum Gasteiger partial charge on any atom is 0.250 e. The number of ether oxygens (including phenoxy) is 1. The Hall–Kier alpha value is -2.33. The quantitative estimate of drug-likeness (QED) is 0.0267. The second kappa shape index (κ2) is 23.3. The number of thioether (sulfide) groups is 1. The number of hydrogen-bond acceptors (Lipinski definition) is 9. The largest absolute Gasteiger partial charge is 0.383 e. The first-order chi connectivity index (χ1) is 19.5. The Bertz CT molecular complexity index is 780. The normalized spacial score (nSPS) is 14.1. The van der Waals surface area contributed by atoms with Crippen molar-refractivity contribution in [2.45, 2.75) is 69.2 Å². The van der Waals surface area contributed by atoms with E-state index in [2.05, 4.69) is 25.5 Å². The monoisotopic (exact) mass is 603 g/mol. The van der Waals surface area contributed by atoms with Crippen LogP contribution in [0.25, 0.3) is 0 Å².